The van der Waals surface area contributed by atoms with E-state index >= 15 is 0 Å². The zero-order chi connectivity index (χ0) is 57.1. The molecular formula is C73H112O6. The Hall–Kier alpha value is -5.49. The van der Waals surface area contributed by atoms with E-state index in [1.807, 2.05) is 12.2 Å². The SMILES string of the molecule is CC/C=C\C/C=C\C/C=C\C/C=C\C/C=C\C/C=C\C/C=C\CCCCCCCC(=O)OCC(COC(=O)CC/C=C\C/C=C\C/C=C\C/C=C\CC)OC(=O)CCCCCCCCCC/C=C\C/C=C\C/C=C\C/C=C\CC. The second-order valence-electron chi connectivity index (χ2n) is 19.8. The highest BCUT2D eigenvalue weighted by molar-refractivity contribution is 5.71. The van der Waals surface area contributed by atoms with Gasteiger partial charge in [-0.15, -0.1) is 0 Å². The fourth-order valence-electron chi connectivity index (χ4n) is 7.84. The minimum atomic E-state index is -0.832. The fraction of sp³-hybridized carbons (Fsp3) is 0.548. The third-order valence-electron chi connectivity index (χ3n) is 12.4. The molecule has 0 rings (SSSR count). The van der Waals surface area contributed by atoms with E-state index in [1.54, 1.807) is 0 Å². The standard InChI is InChI=1S/C73H112O6/c1-4-7-10-13-16-19-22-25-27-29-31-33-34-35-36-37-38-40-41-43-45-48-51-54-57-60-63-66-72(75)78-69-70(68-77-71(74)65-62-59-56-53-50-47-24-21-18-15-12-9-6-3)79-73(76)67-64-61-58-55-52-49-46-44-42-39-32-30-28-26-23-20-17-14-11-8-5-2/h7-12,16-21,25-28,31-33,35-36,38-40,43,45,47,50,56,59,70H,4-6,13-15,22-24,29-30,34,37,41-42,44,46,48-49,51-55,57-58,60-69H2,1-3H3/b10-7-,11-8-,12-9-,19-16-,20-17-,21-18-,27-25-,28-26-,33-31-,36-35-,39-32-,40-38-,45-43-,50-47-,59-56-. The van der Waals surface area contributed by atoms with Crippen LogP contribution in [0.3, 0.4) is 0 Å². The third-order valence-corrected chi connectivity index (χ3v) is 12.4. The zero-order valence-corrected chi connectivity index (χ0v) is 50.3. The van der Waals surface area contributed by atoms with Gasteiger partial charge < -0.3 is 14.2 Å². The van der Waals surface area contributed by atoms with Crippen LogP contribution in [0.25, 0.3) is 0 Å². The van der Waals surface area contributed by atoms with E-state index in [0.717, 1.165) is 167 Å². The first-order valence-electron chi connectivity index (χ1n) is 31.3. The highest BCUT2D eigenvalue weighted by atomic mass is 16.6. The van der Waals surface area contributed by atoms with E-state index in [4.69, 9.17) is 14.2 Å². The van der Waals surface area contributed by atoms with Gasteiger partial charge in [0.25, 0.3) is 0 Å². The molecule has 0 saturated carbocycles. The molecule has 1 atom stereocenters. The van der Waals surface area contributed by atoms with Gasteiger partial charge in [-0.2, -0.15) is 0 Å². The average molecular weight is 1090 g/mol. The molecule has 0 radical (unpaired) electrons. The summed E-state index contributed by atoms with van der Waals surface area (Å²) >= 11 is 0. The number of rotatable bonds is 54. The largest absolute Gasteiger partial charge is 0.462 e. The number of ether oxygens (including phenoxy) is 3. The van der Waals surface area contributed by atoms with Gasteiger partial charge >= 0.3 is 17.9 Å². The van der Waals surface area contributed by atoms with Crippen LogP contribution in [0.5, 0.6) is 0 Å². The van der Waals surface area contributed by atoms with Crippen molar-refractivity contribution in [2.24, 2.45) is 0 Å². The number of unbranched alkanes of at least 4 members (excludes halogenated alkanes) is 13. The highest BCUT2D eigenvalue weighted by Gasteiger charge is 2.19. The molecule has 0 aliphatic heterocycles. The van der Waals surface area contributed by atoms with Crippen LogP contribution in [0.15, 0.2) is 182 Å². The Morgan fingerprint density at radius 1 is 0.253 bits per heavy atom. The maximum Gasteiger partial charge on any atom is 0.306 e. The van der Waals surface area contributed by atoms with Crippen LogP contribution in [-0.2, 0) is 28.6 Å². The molecule has 0 aliphatic rings. The molecule has 0 aromatic rings. The monoisotopic (exact) mass is 1080 g/mol. The lowest BCUT2D eigenvalue weighted by Gasteiger charge is -2.18. The Morgan fingerprint density at radius 3 is 0.785 bits per heavy atom. The topological polar surface area (TPSA) is 78.9 Å². The molecule has 0 heterocycles. The van der Waals surface area contributed by atoms with Crippen molar-refractivity contribution < 1.29 is 28.6 Å². The van der Waals surface area contributed by atoms with Crippen LogP contribution in [0, 0.1) is 0 Å². The minimum Gasteiger partial charge on any atom is -0.462 e. The molecule has 0 N–H and O–H groups in total. The number of hydrogen-bond donors (Lipinski definition) is 0. The van der Waals surface area contributed by atoms with Crippen molar-refractivity contribution in [3.8, 4) is 0 Å². The molecule has 0 aromatic heterocycles. The first-order chi connectivity index (χ1) is 39.0. The Balaban J connectivity index is 4.48. The first-order valence-corrected chi connectivity index (χ1v) is 31.3. The van der Waals surface area contributed by atoms with E-state index in [9.17, 15) is 14.4 Å². The second kappa shape index (κ2) is 65.0. The van der Waals surface area contributed by atoms with E-state index in [-0.39, 0.29) is 37.5 Å². The third kappa shape index (κ3) is 63.2. The summed E-state index contributed by atoms with van der Waals surface area (Å²) in [6.45, 7) is 6.20. The van der Waals surface area contributed by atoms with Gasteiger partial charge in [0.05, 0.1) is 0 Å². The summed E-state index contributed by atoms with van der Waals surface area (Å²) in [7, 11) is 0. The van der Waals surface area contributed by atoms with Crippen molar-refractivity contribution in [3.05, 3.63) is 182 Å². The number of esters is 3. The summed E-state index contributed by atoms with van der Waals surface area (Å²) in [4.78, 5) is 38.2. The summed E-state index contributed by atoms with van der Waals surface area (Å²) in [5, 5.41) is 0. The summed E-state index contributed by atoms with van der Waals surface area (Å²) in [6, 6.07) is 0. The molecule has 0 aliphatic carbocycles. The van der Waals surface area contributed by atoms with Crippen molar-refractivity contribution in [1.82, 2.24) is 0 Å². The predicted molar refractivity (Wildman–Crippen MR) is 343 cm³/mol. The molecule has 6 heteroatoms. The van der Waals surface area contributed by atoms with Gasteiger partial charge in [0.2, 0.25) is 0 Å². The van der Waals surface area contributed by atoms with Crippen molar-refractivity contribution in [2.45, 2.75) is 245 Å². The van der Waals surface area contributed by atoms with E-state index in [0.29, 0.717) is 19.3 Å². The van der Waals surface area contributed by atoms with Gasteiger partial charge in [0.15, 0.2) is 6.10 Å². The highest BCUT2D eigenvalue weighted by Crippen LogP contribution is 2.14. The van der Waals surface area contributed by atoms with E-state index in [1.165, 1.54) is 25.7 Å². The normalized spacial score (nSPS) is 13.4. The Bertz CT molecular complexity index is 1870. The quantitative estimate of drug-likeness (QED) is 0.0261. The average Bonchev–Trinajstić information content (AvgIpc) is 3.45. The van der Waals surface area contributed by atoms with Gasteiger partial charge in [-0.3, -0.25) is 14.4 Å². The van der Waals surface area contributed by atoms with Crippen LogP contribution in [0.1, 0.15) is 239 Å². The summed E-state index contributed by atoms with van der Waals surface area (Å²) < 4.78 is 16.8. The molecule has 0 bridgehead atoms. The maximum absolute atomic E-state index is 12.9. The summed E-state index contributed by atoms with van der Waals surface area (Å²) in [5.41, 5.74) is 0. The smallest absolute Gasteiger partial charge is 0.306 e. The van der Waals surface area contributed by atoms with Crippen molar-refractivity contribution in [3.63, 3.8) is 0 Å². The number of hydrogen-bond acceptors (Lipinski definition) is 6. The molecule has 0 aromatic carbocycles. The number of allylic oxidation sites excluding steroid dienone is 30. The lowest BCUT2D eigenvalue weighted by atomic mass is 10.1. The van der Waals surface area contributed by atoms with E-state index < -0.39 is 6.10 Å². The van der Waals surface area contributed by atoms with Gasteiger partial charge in [-0.05, 0) is 141 Å². The lowest BCUT2D eigenvalue weighted by Crippen LogP contribution is -2.30. The van der Waals surface area contributed by atoms with Crippen LogP contribution in [-0.4, -0.2) is 37.2 Å². The predicted octanol–water partition coefficient (Wildman–Crippen LogP) is 21.7. The number of carbonyl (C=O) groups is 3. The fourth-order valence-corrected chi connectivity index (χ4v) is 7.84. The van der Waals surface area contributed by atoms with Gasteiger partial charge in [0.1, 0.15) is 13.2 Å². The molecule has 0 fully saturated rings. The molecule has 0 spiro atoms. The van der Waals surface area contributed by atoms with Crippen molar-refractivity contribution in [1.29, 1.82) is 0 Å². The van der Waals surface area contributed by atoms with Crippen LogP contribution in [0.2, 0.25) is 0 Å². The molecule has 0 amide bonds. The van der Waals surface area contributed by atoms with Crippen LogP contribution in [0.4, 0.5) is 0 Å². The molecule has 1 unspecified atom stereocenters. The van der Waals surface area contributed by atoms with E-state index in [2.05, 4.69) is 191 Å². The van der Waals surface area contributed by atoms with Crippen molar-refractivity contribution in [2.75, 3.05) is 13.2 Å². The van der Waals surface area contributed by atoms with Gasteiger partial charge in [-0.1, -0.05) is 261 Å². The van der Waals surface area contributed by atoms with Crippen molar-refractivity contribution >= 4 is 17.9 Å². The molecule has 6 nitrogen and oxygen atoms in total. The van der Waals surface area contributed by atoms with Gasteiger partial charge in [0, 0.05) is 19.3 Å². The minimum absolute atomic E-state index is 0.123. The summed E-state index contributed by atoms with van der Waals surface area (Å²) in [6.07, 6.45) is 97.6. The maximum atomic E-state index is 12.9. The first kappa shape index (κ1) is 73.5. The molecular weight excluding hydrogens is 973 g/mol. The summed E-state index contributed by atoms with van der Waals surface area (Å²) in [5.74, 6) is -1.04. The Kier molecular flexibility index (Phi) is 60.5. The second-order valence-corrected chi connectivity index (χ2v) is 19.8. The molecule has 440 valence electrons. The Morgan fingerprint density at radius 2 is 0.481 bits per heavy atom. The lowest BCUT2D eigenvalue weighted by molar-refractivity contribution is -0.166. The van der Waals surface area contributed by atoms with Gasteiger partial charge in [-0.25, -0.2) is 0 Å². The number of carbonyl (C=O) groups excluding carboxylic acids is 3. The van der Waals surface area contributed by atoms with Crippen LogP contribution < -0.4 is 0 Å². The van der Waals surface area contributed by atoms with Crippen LogP contribution >= 0.6 is 0 Å². The Labute approximate surface area is 484 Å². The zero-order valence-electron chi connectivity index (χ0n) is 50.3. The molecule has 0 saturated heterocycles. The molecule has 79 heavy (non-hydrogen) atoms.